The van der Waals surface area contributed by atoms with Gasteiger partial charge in [-0.2, -0.15) is 0 Å². The molecule has 102 valence electrons. The first-order chi connectivity index (χ1) is 9.76. The van der Waals surface area contributed by atoms with Crippen LogP contribution in [0, 0.1) is 5.82 Å². The van der Waals surface area contributed by atoms with E-state index >= 15 is 0 Å². The van der Waals surface area contributed by atoms with Gasteiger partial charge in [0.05, 0.1) is 0 Å². The van der Waals surface area contributed by atoms with E-state index in [1.54, 1.807) is 12.1 Å². The average molecular weight is 270 g/mol. The summed E-state index contributed by atoms with van der Waals surface area (Å²) in [4.78, 5) is 4.46. The maximum Gasteiger partial charge on any atom is 0.227 e. The highest BCUT2D eigenvalue weighted by atomic mass is 19.1. The zero-order chi connectivity index (χ0) is 13.9. The van der Waals surface area contributed by atoms with Crippen LogP contribution in [-0.4, -0.2) is 11.5 Å². The van der Waals surface area contributed by atoms with Crippen molar-refractivity contribution in [3.8, 4) is 11.5 Å². The van der Waals surface area contributed by atoms with Gasteiger partial charge in [0.25, 0.3) is 0 Å². The third-order valence-electron chi connectivity index (χ3n) is 3.12. The minimum atomic E-state index is -0.266. The molecule has 1 aromatic heterocycles. The molecule has 0 spiro atoms. The van der Waals surface area contributed by atoms with Crippen molar-refractivity contribution in [3.05, 3.63) is 53.8 Å². The molecular weight excluding hydrogens is 255 g/mol. The van der Waals surface area contributed by atoms with Crippen LogP contribution in [0.4, 0.5) is 4.39 Å². The Hall–Kier alpha value is -2.20. The number of oxazole rings is 1. The van der Waals surface area contributed by atoms with Crippen molar-refractivity contribution in [3.63, 3.8) is 0 Å². The normalized spacial score (nSPS) is 11.1. The lowest BCUT2D eigenvalue weighted by atomic mass is 10.2. The standard InChI is InChI=1S/C16H15FN2O/c1-2-18-10-11-3-8-15-14(9-11)19-16(20-15)12-4-6-13(17)7-5-12/h3-9,18H,2,10H2,1H3. The predicted octanol–water partition coefficient (Wildman–Crippen LogP) is 3.74. The fourth-order valence-electron chi connectivity index (χ4n) is 2.07. The second-order valence-electron chi connectivity index (χ2n) is 4.61. The number of fused-ring (bicyclic) bond motifs is 1. The number of aromatic nitrogens is 1. The molecule has 0 aliphatic rings. The second-order valence-corrected chi connectivity index (χ2v) is 4.61. The Labute approximate surface area is 116 Å². The first-order valence-corrected chi connectivity index (χ1v) is 6.62. The number of nitrogens with one attached hydrogen (secondary N) is 1. The smallest absolute Gasteiger partial charge is 0.227 e. The highest BCUT2D eigenvalue weighted by Gasteiger charge is 2.08. The summed E-state index contributed by atoms with van der Waals surface area (Å²) >= 11 is 0. The number of rotatable bonds is 4. The molecule has 3 aromatic rings. The van der Waals surface area contributed by atoms with Crippen LogP contribution < -0.4 is 5.32 Å². The Morgan fingerprint density at radius 3 is 2.70 bits per heavy atom. The first-order valence-electron chi connectivity index (χ1n) is 6.62. The van der Waals surface area contributed by atoms with E-state index in [-0.39, 0.29) is 5.82 Å². The Balaban J connectivity index is 1.95. The lowest BCUT2D eigenvalue weighted by Gasteiger charge is -2.00. The van der Waals surface area contributed by atoms with Gasteiger partial charge in [-0.25, -0.2) is 9.37 Å². The second kappa shape index (κ2) is 5.43. The largest absolute Gasteiger partial charge is 0.436 e. The molecule has 0 saturated carbocycles. The van der Waals surface area contributed by atoms with E-state index in [0.29, 0.717) is 5.89 Å². The zero-order valence-corrected chi connectivity index (χ0v) is 11.2. The topological polar surface area (TPSA) is 38.1 Å². The lowest BCUT2D eigenvalue weighted by molar-refractivity contribution is 0.616. The maximum absolute atomic E-state index is 12.9. The van der Waals surface area contributed by atoms with E-state index in [0.717, 1.165) is 29.8 Å². The quantitative estimate of drug-likeness (QED) is 0.784. The zero-order valence-electron chi connectivity index (χ0n) is 11.2. The Kier molecular flexibility index (Phi) is 3.48. The van der Waals surface area contributed by atoms with Crippen molar-refractivity contribution in [2.75, 3.05) is 6.54 Å². The highest BCUT2D eigenvalue weighted by Crippen LogP contribution is 2.25. The molecule has 3 rings (SSSR count). The minimum Gasteiger partial charge on any atom is -0.436 e. The number of hydrogen-bond donors (Lipinski definition) is 1. The van der Waals surface area contributed by atoms with Gasteiger partial charge in [-0.15, -0.1) is 0 Å². The van der Waals surface area contributed by atoms with E-state index in [9.17, 15) is 4.39 Å². The van der Waals surface area contributed by atoms with Gasteiger partial charge in [-0.1, -0.05) is 13.0 Å². The van der Waals surface area contributed by atoms with Crippen LogP contribution >= 0.6 is 0 Å². The van der Waals surface area contributed by atoms with E-state index in [2.05, 4.69) is 17.2 Å². The number of hydrogen-bond acceptors (Lipinski definition) is 3. The van der Waals surface area contributed by atoms with Gasteiger partial charge in [-0.05, 0) is 48.5 Å². The molecule has 0 amide bonds. The molecule has 3 nitrogen and oxygen atoms in total. The summed E-state index contributed by atoms with van der Waals surface area (Å²) in [6, 6.07) is 12.1. The third kappa shape index (κ3) is 2.56. The molecule has 0 saturated heterocycles. The van der Waals surface area contributed by atoms with E-state index < -0.39 is 0 Å². The molecule has 0 aliphatic carbocycles. The third-order valence-corrected chi connectivity index (χ3v) is 3.12. The van der Waals surface area contributed by atoms with Gasteiger partial charge in [0.15, 0.2) is 5.58 Å². The minimum absolute atomic E-state index is 0.266. The Bertz CT molecular complexity index is 719. The van der Waals surface area contributed by atoms with E-state index in [1.807, 2.05) is 18.2 Å². The van der Waals surface area contributed by atoms with Crippen LogP contribution in [0.1, 0.15) is 12.5 Å². The van der Waals surface area contributed by atoms with Crippen molar-refractivity contribution in [1.29, 1.82) is 0 Å². The number of nitrogens with zero attached hydrogens (tertiary/aromatic N) is 1. The Morgan fingerprint density at radius 2 is 1.95 bits per heavy atom. The fraction of sp³-hybridized carbons (Fsp3) is 0.188. The lowest BCUT2D eigenvalue weighted by Crippen LogP contribution is -2.11. The SMILES string of the molecule is CCNCc1ccc2oc(-c3ccc(F)cc3)nc2c1. The molecule has 1 heterocycles. The van der Waals surface area contributed by atoms with Crippen LogP contribution in [0.15, 0.2) is 46.9 Å². The molecule has 1 N–H and O–H groups in total. The fourth-order valence-corrected chi connectivity index (χ4v) is 2.07. The van der Waals surface area contributed by atoms with Crippen LogP contribution in [0.2, 0.25) is 0 Å². The van der Waals surface area contributed by atoms with Crippen LogP contribution in [0.5, 0.6) is 0 Å². The predicted molar refractivity (Wildman–Crippen MR) is 76.8 cm³/mol. The Morgan fingerprint density at radius 1 is 1.15 bits per heavy atom. The monoisotopic (exact) mass is 270 g/mol. The van der Waals surface area contributed by atoms with Crippen molar-refractivity contribution >= 4 is 11.1 Å². The molecule has 0 unspecified atom stereocenters. The van der Waals surface area contributed by atoms with Crippen LogP contribution in [0.25, 0.3) is 22.6 Å². The first kappa shape index (κ1) is 12.8. The molecular formula is C16H15FN2O. The summed E-state index contributed by atoms with van der Waals surface area (Å²) in [6.45, 7) is 3.81. The molecule has 0 bridgehead atoms. The van der Waals surface area contributed by atoms with Gasteiger partial charge in [0, 0.05) is 12.1 Å². The van der Waals surface area contributed by atoms with Crippen molar-refractivity contribution in [2.24, 2.45) is 0 Å². The summed E-state index contributed by atoms with van der Waals surface area (Å²) in [5.41, 5.74) is 3.50. The summed E-state index contributed by atoms with van der Waals surface area (Å²) in [6.07, 6.45) is 0. The number of benzene rings is 2. The van der Waals surface area contributed by atoms with Crippen LogP contribution in [-0.2, 0) is 6.54 Å². The molecule has 4 heteroatoms. The molecule has 0 atom stereocenters. The summed E-state index contributed by atoms with van der Waals surface area (Å²) in [5, 5.41) is 3.27. The van der Waals surface area contributed by atoms with Crippen molar-refractivity contribution < 1.29 is 8.81 Å². The summed E-state index contributed by atoms with van der Waals surface area (Å²) < 4.78 is 18.6. The van der Waals surface area contributed by atoms with E-state index in [4.69, 9.17) is 4.42 Å². The molecule has 2 aromatic carbocycles. The van der Waals surface area contributed by atoms with Crippen molar-refractivity contribution in [2.45, 2.75) is 13.5 Å². The van der Waals surface area contributed by atoms with Crippen molar-refractivity contribution in [1.82, 2.24) is 10.3 Å². The number of halogens is 1. The summed E-state index contributed by atoms with van der Waals surface area (Å²) in [5.74, 6) is 0.249. The van der Waals surface area contributed by atoms with Gasteiger partial charge in [0.1, 0.15) is 11.3 Å². The van der Waals surface area contributed by atoms with Crippen LogP contribution in [0.3, 0.4) is 0 Å². The molecule has 0 radical (unpaired) electrons. The summed E-state index contributed by atoms with van der Waals surface area (Å²) in [7, 11) is 0. The maximum atomic E-state index is 12.9. The highest BCUT2D eigenvalue weighted by molar-refractivity contribution is 5.76. The average Bonchev–Trinajstić information content (AvgIpc) is 2.89. The van der Waals surface area contributed by atoms with Gasteiger partial charge in [0.2, 0.25) is 5.89 Å². The van der Waals surface area contributed by atoms with Gasteiger partial charge < -0.3 is 9.73 Å². The molecule has 0 fully saturated rings. The van der Waals surface area contributed by atoms with E-state index in [1.165, 1.54) is 17.7 Å². The van der Waals surface area contributed by atoms with Gasteiger partial charge >= 0.3 is 0 Å². The molecule has 20 heavy (non-hydrogen) atoms. The molecule has 0 aliphatic heterocycles. The van der Waals surface area contributed by atoms with Gasteiger partial charge in [-0.3, -0.25) is 0 Å².